The molecule has 0 aliphatic rings. The molecule has 74 valence electrons. The summed E-state index contributed by atoms with van der Waals surface area (Å²) in [5.41, 5.74) is 0. The largest absolute Gasteiger partial charge is 0.314 e. The normalized spacial score (nSPS) is 13.8. The summed E-state index contributed by atoms with van der Waals surface area (Å²) in [5.74, 6) is 0.896. The van der Waals surface area contributed by atoms with Gasteiger partial charge < -0.3 is 5.32 Å². The molecule has 0 aromatic carbocycles. The molecule has 0 bridgehead atoms. The number of hydrogen-bond acceptors (Lipinski definition) is 1. The summed E-state index contributed by atoms with van der Waals surface area (Å²) in [4.78, 5) is 0. The van der Waals surface area contributed by atoms with Crippen LogP contribution in [0.25, 0.3) is 0 Å². The first-order chi connectivity index (χ1) is 5.70. The molecule has 0 aliphatic heterocycles. The molecule has 1 heteroatoms. The lowest BCUT2D eigenvalue weighted by Crippen LogP contribution is -2.28. The zero-order valence-electron chi connectivity index (χ0n) is 9.19. The van der Waals surface area contributed by atoms with Gasteiger partial charge in [0.1, 0.15) is 0 Å². The fourth-order valence-corrected chi connectivity index (χ4v) is 1.35. The van der Waals surface area contributed by atoms with Gasteiger partial charge in [-0.2, -0.15) is 0 Å². The summed E-state index contributed by atoms with van der Waals surface area (Å²) in [7, 11) is 0. The second-order valence-electron chi connectivity index (χ2n) is 3.98. The van der Waals surface area contributed by atoms with Crippen LogP contribution in [0.1, 0.15) is 53.4 Å². The van der Waals surface area contributed by atoms with Gasteiger partial charge in [-0.3, -0.25) is 0 Å². The molecule has 1 unspecified atom stereocenters. The Morgan fingerprint density at radius 3 is 2.25 bits per heavy atom. The first-order valence-electron chi connectivity index (χ1n) is 5.44. The maximum Gasteiger partial charge on any atom is 0.00104 e. The van der Waals surface area contributed by atoms with Crippen molar-refractivity contribution in [3.63, 3.8) is 0 Å². The number of rotatable bonds is 7. The van der Waals surface area contributed by atoms with E-state index in [1.807, 2.05) is 0 Å². The van der Waals surface area contributed by atoms with E-state index in [-0.39, 0.29) is 0 Å². The Morgan fingerprint density at radius 2 is 1.83 bits per heavy atom. The highest BCUT2D eigenvalue weighted by Gasteiger charge is 2.05. The molecule has 0 aromatic heterocycles. The van der Waals surface area contributed by atoms with E-state index in [1.54, 1.807) is 0 Å². The van der Waals surface area contributed by atoms with Crippen molar-refractivity contribution in [3.05, 3.63) is 0 Å². The molecule has 1 nitrogen and oxygen atoms in total. The third-order valence-corrected chi connectivity index (χ3v) is 2.36. The van der Waals surface area contributed by atoms with E-state index in [0.717, 1.165) is 5.92 Å². The van der Waals surface area contributed by atoms with Gasteiger partial charge in [-0.1, -0.05) is 47.0 Å². The molecule has 0 saturated heterocycles. The molecule has 0 fully saturated rings. The lowest BCUT2D eigenvalue weighted by atomic mass is 9.99. The highest BCUT2D eigenvalue weighted by Crippen LogP contribution is 2.11. The summed E-state index contributed by atoms with van der Waals surface area (Å²) in [6.07, 6.45) is 5.43. The summed E-state index contributed by atoms with van der Waals surface area (Å²) in [5, 5.41) is 3.51. The predicted molar refractivity (Wildman–Crippen MR) is 56.4 cm³/mol. The molecular formula is C11H25N. The quantitative estimate of drug-likeness (QED) is 0.620. The van der Waals surface area contributed by atoms with Crippen LogP contribution in [0.15, 0.2) is 0 Å². The Kier molecular flexibility index (Phi) is 7.58. The molecule has 1 atom stereocenters. The zero-order valence-corrected chi connectivity index (χ0v) is 9.19. The molecule has 0 aliphatic carbocycles. The Balaban J connectivity index is 3.39. The topological polar surface area (TPSA) is 12.0 Å². The van der Waals surface area contributed by atoms with Gasteiger partial charge in [-0.15, -0.1) is 0 Å². The van der Waals surface area contributed by atoms with Crippen molar-refractivity contribution in [2.45, 2.75) is 59.4 Å². The van der Waals surface area contributed by atoms with E-state index >= 15 is 0 Å². The zero-order chi connectivity index (χ0) is 9.40. The third-order valence-electron chi connectivity index (χ3n) is 2.36. The van der Waals surface area contributed by atoms with Crippen molar-refractivity contribution in [1.29, 1.82) is 0 Å². The van der Waals surface area contributed by atoms with Gasteiger partial charge >= 0.3 is 0 Å². The summed E-state index contributed by atoms with van der Waals surface area (Å²) in [6.45, 7) is 10.2. The van der Waals surface area contributed by atoms with Crippen LogP contribution in [0.4, 0.5) is 0 Å². The van der Waals surface area contributed by atoms with E-state index in [4.69, 9.17) is 0 Å². The van der Waals surface area contributed by atoms with Crippen LogP contribution < -0.4 is 5.32 Å². The SMILES string of the molecule is CCCCC(CC)CNC(C)C. The van der Waals surface area contributed by atoms with Crippen LogP contribution >= 0.6 is 0 Å². The first-order valence-corrected chi connectivity index (χ1v) is 5.44. The second kappa shape index (κ2) is 7.60. The van der Waals surface area contributed by atoms with Gasteiger partial charge in [0.05, 0.1) is 0 Å². The second-order valence-corrected chi connectivity index (χ2v) is 3.98. The molecule has 0 amide bonds. The number of hydrogen-bond donors (Lipinski definition) is 1. The van der Waals surface area contributed by atoms with Crippen molar-refractivity contribution < 1.29 is 0 Å². The third kappa shape index (κ3) is 6.66. The number of nitrogens with one attached hydrogen (secondary N) is 1. The summed E-state index contributed by atoms with van der Waals surface area (Å²) in [6, 6.07) is 0.640. The maximum atomic E-state index is 3.51. The number of unbranched alkanes of at least 4 members (excludes halogenated alkanes) is 1. The van der Waals surface area contributed by atoms with Gasteiger partial charge in [0.15, 0.2) is 0 Å². The molecule has 0 rings (SSSR count). The molecule has 0 radical (unpaired) electrons. The first kappa shape index (κ1) is 12.0. The Hall–Kier alpha value is -0.0400. The van der Waals surface area contributed by atoms with Crippen molar-refractivity contribution in [3.8, 4) is 0 Å². The summed E-state index contributed by atoms with van der Waals surface area (Å²) >= 11 is 0. The molecular weight excluding hydrogens is 146 g/mol. The minimum Gasteiger partial charge on any atom is -0.314 e. The average molecular weight is 171 g/mol. The van der Waals surface area contributed by atoms with Crippen molar-refractivity contribution in [2.24, 2.45) is 5.92 Å². The standard InChI is InChI=1S/C11H25N/c1-5-7-8-11(6-2)9-12-10(3)4/h10-12H,5-9H2,1-4H3. The Morgan fingerprint density at radius 1 is 1.17 bits per heavy atom. The maximum absolute atomic E-state index is 3.51. The minimum absolute atomic E-state index is 0.640. The minimum atomic E-state index is 0.640. The average Bonchev–Trinajstić information content (AvgIpc) is 2.05. The van der Waals surface area contributed by atoms with Crippen LogP contribution in [-0.2, 0) is 0 Å². The van der Waals surface area contributed by atoms with Gasteiger partial charge in [0, 0.05) is 6.04 Å². The van der Waals surface area contributed by atoms with E-state index in [1.165, 1.54) is 32.2 Å². The van der Waals surface area contributed by atoms with Crippen molar-refractivity contribution >= 4 is 0 Å². The van der Waals surface area contributed by atoms with Gasteiger partial charge in [0.25, 0.3) is 0 Å². The monoisotopic (exact) mass is 171 g/mol. The van der Waals surface area contributed by atoms with Gasteiger partial charge in [0.2, 0.25) is 0 Å². The highest BCUT2D eigenvalue weighted by atomic mass is 14.9. The van der Waals surface area contributed by atoms with Gasteiger partial charge in [-0.05, 0) is 18.9 Å². The fourth-order valence-electron chi connectivity index (χ4n) is 1.35. The van der Waals surface area contributed by atoms with Crippen LogP contribution in [0.3, 0.4) is 0 Å². The van der Waals surface area contributed by atoms with Crippen LogP contribution in [0.5, 0.6) is 0 Å². The van der Waals surface area contributed by atoms with E-state index in [9.17, 15) is 0 Å². The van der Waals surface area contributed by atoms with Crippen molar-refractivity contribution in [1.82, 2.24) is 5.32 Å². The molecule has 1 N–H and O–H groups in total. The lowest BCUT2D eigenvalue weighted by Gasteiger charge is -2.16. The molecule has 0 aromatic rings. The summed E-state index contributed by atoms with van der Waals surface area (Å²) < 4.78 is 0. The van der Waals surface area contributed by atoms with Crippen molar-refractivity contribution in [2.75, 3.05) is 6.54 Å². The molecule has 12 heavy (non-hydrogen) atoms. The van der Waals surface area contributed by atoms with E-state index in [0.29, 0.717) is 6.04 Å². The Bertz CT molecular complexity index is 89.0. The highest BCUT2D eigenvalue weighted by molar-refractivity contribution is 4.62. The molecule has 0 saturated carbocycles. The van der Waals surface area contributed by atoms with Crippen LogP contribution in [0, 0.1) is 5.92 Å². The van der Waals surface area contributed by atoms with E-state index in [2.05, 4.69) is 33.0 Å². The van der Waals surface area contributed by atoms with E-state index < -0.39 is 0 Å². The smallest absolute Gasteiger partial charge is 0.00104 e. The van der Waals surface area contributed by atoms with Crippen LogP contribution in [-0.4, -0.2) is 12.6 Å². The Labute approximate surface area is 77.9 Å². The lowest BCUT2D eigenvalue weighted by molar-refractivity contribution is 0.403. The predicted octanol–water partition coefficient (Wildman–Crippen LogP) is 3.20. The fraction of sp³-hybridized carbons (Fsp3) is 1.00. The molecule has 0 heterocycles. The van der Waals surface area contributed by atoms with Crippen LogP contribution in [0.2, 0.25) is 0 Å². The van der Waals surface area contributed by atoms with Gasteiger partial charge in [-0.25, -0.2) is 0 Å². The molecule has 0 spiro atoms.